The number of alkyl halides is 3. The van der Waals surface area contributed by atoms with Crippen LogP contribution in [0.25, 0.3) is 22.3 Å². The Hall–Kier alpha value is -4.01. The van der Waals surface area contributed by atoms with Gasteiger partial charge in [-0.2, -0.15) is 13.2 Å². The SMILES string of the molecule is COc1ccc(-c2c(C(=O)O)c(OC)c(O)c(C(F)(F)F)c2-c2cccc3c2CN=CC3)cc1. The van der Waals surface area contributed by atoms with Gasteiger partial charge in [-0.05, 0) is 34.4 Å². The first-order valence-corrected chi connectivity index (χ1v) is 10.2. The lowest BCUT2D eigenvalue weighted by molar-refractivity contribution is -0.138. The Labute approximate surface area is 192 Å². The van der Waals surface area contributed by atoms with E-state index in [9.17, 15) is 28.2 Å². The zero-order chi connectivity index (χ0) is 24.6. The molecule has 9 heteroatoms. The zero-order valence-electron chi connectivity index (χ0n) is 18.2. The topological polar surface area (TPSA) is 88.4 Å². The van der Waals surface area contributed by atoms with Crippen LogP contribution < -0.4 is 9.47 Å². The summed E-state index contributed by atoms with van der Waals surface area (Å²) in [6.07, 6.45) is -2.92. The number of methoxy groups -OCH3 is 2. The lowest BCUT2D eigenvalue weighted by Crippen LogP contribution is -2.15. The summed E-state index contributed by atoms with van der Waals surface area (Å²) < 4.78 is 53.6. The summed E-state index contributed by atoms with van der Waals surface area (Å²) in [6.45, 7) is 0.125. The number of phenolic OH excluding ortho intramolecular Hbond substituents is 1. The van der Waals surface area contributed by atoms with Crippen molar-refractivity contribution in [3.8, 4) is 39.5 Å². The number of aromatic hydroxyl groups is 1. The number of carbonyl (C=O) groups is 1. The molecule has 0 saturated carbocycles. The summed E-state index contributed by atoms with van der Waals surface area (Å²) in [6, 6.07) is 10.8. The smallest absolute Gasteiger partial charge is 0.420 e. The lowest BCUT2D eigenvalue weighted by atomic mass is 9.82. The molecule has 3 aromatic rings. The fourth-order valence-corrected chi connectivity index (χ4v) is 4.27. The van der Waals surface area contributed by atoms with Gasteiger partial charge in [-0.3, -0.25) is 4.99 Å². The minimum absolute atomic E-state index is 0.125. The molecule has 1 heterocycles. The molecule has 0 amide bonds. The number of carboxylic acids is 1. The monoisotopic (exact) mass is 471 g/mol. The normalized spacial score (nSPS) is 12.9. The number of ether oxygens (including phenoxy) is 2. The molecule has 3 aromatic carbocycles. The molecular formula is C25H20F3NO5. The maximum atomic E-state index is 14.5. The average Bonchev–Trinajstić information content (AvgIpc) is 2.82. The van der Waals surface area contributed by atoms with Crippen molar-refractivity contribution in [2.24, 2.45) is 4.99 Å². The van der Waals surface area contributed by atoms with E-state index in [1.807, 2.05) is 0 Å². The highest BCUT2D eigenvalue weighted by molar-refractivity contribution is 6.06. The third kappa shape index (κ3) is 3.83. The number of nitrogens with zero attached hydrogens (tertiary/aromatic N) is 1. The molecular weight excluding hydrogens is 451 g/mol. The summed E-state index contributed by atoms with van der Waals surface area (Å²) >= 11 is 0. The molecule has 1 aliphatic heterocycles. The number of aromatic carboxylic acids is 1. The molecule has 176 valence electrons. The molecule has 0 fully saturated rings. The van der Waals surface area contributed by atoms with E-state index in [1.54, 1.807) is 18.3 Å². The maximum absolute atomic E-state index is 14.5. The molecule has 0 aromatic heterocycles. The minimum atomic E-state index is -5.02. The van der Waals surface area contributed by atoms with Crippen molar-refractivity contribution in [3.63, 3.8) is 0 Å². The van der Waals surface area contributed by atoms with E-state index in [1.165, 1.54) is 37.4 Å². The zero-order valence-corrected chi connectivity index (χ0v) is 18.2. The van der Waals surface area contributed by atoms with Crippen molar-refractivity contribution in [1.82, 2.24) is 0 Å². The van der Waals surface area contributed by atoms with E-state index in [0.29, 0.717) is 17.7 Å². The number of hydrogen-bond acceptors (Lipinski definition) is 5. The van der Waals surface area contributed by atoms with Crippen molar-refractivity contribution in [1.29, 1.82) is 0 Å². The van der Waals surface area contributed by atoms with Gasteiger partial charge in [0.25, 0.3) is 0 Å². The molecule has 1 aliphatic rings. The second-order valence-corrected chi connectivity index (χ2v) is 7.58. The Morgan fingerprint density at radius 1 is 1.03 bits per heavy atom. The van der Waals surface area contributed by atoms with E-state index in [0.717, 1.165) is 12.7 Å². The first kappa shape index (κ1) is 23.2. The van der Waals surface area contributed by atoms with Gasteiger partial charge in [0.15, 0.2) is 11.5 Å². The van der Waals surface area contributed by atoms with Crippen LogP contribution in [0.3, 0.4) is 0 Å². The van der Waals surface area contributed by atoms with Gasteiger partial charge in [0.2, 0.25) is 0 Å². The fourth-order valence-electron chi connectivity index (χ4n) is 4.27. The summed E-state index contributed by atoms with van der Waals surface area (Å²) in [5.41, 5.74) is -0.975. The predicted molar refractivity (Wildman–Crippen MR) is 120 cm³/mol. The molecule has 4 rings (SSSR count). The molecule has 0 unspecified atom stereocenters. The maximum Gasteiger partial charge on any atom is 0.420 e. The van der Waals surface area contributed by atoms with Gasteiger partial charge in [0.1, 0.15) is 16.9 Å². The van der Waals surface area contributed by atoms with Crippen LogP contribution in [-0.4, -0.2) is 36.6 Å². The van der Waals surface area contributed by atoms with Crippen molar-refractivity contribution in [2.75, 3.05) is 14.2 Å². The quantitative estimate of drug-likeness (QED) is 0.507. The molecule has 0 aliphatic carbocycles. The van der Waals surface area contributed by atoms with E-state index < -0.39 is 40.3 Å². The molecule has 6 nitrogen and oxygen atoms in total. The Balaban J connectivity index is 2.24. The molecule has 0 radical (unpaired) electrons. The van der Waals surface area contributed by atoms with Crippen LogP contribution in [0, 0.1) is 0 Å². The van der Waals surface area contributed by atoms with Gasteiger partial charge in [0, 0.05) is 23.8 Å². The Morgan fingerprint density at radius 3 is 2.32 bits per heavy atom. The molecule has 0 saturated heterocycles. The van der Waals surface area contributed by atoms with Gasteiger partial charge in [0.05, 0.1) is 20.8 Å². The Kier molecular flexibility index (Phi) is 5.95. The van der Waals surface area contributed by atoms with Crippen molar-refractivity contribution in [2.45, 2.75) is 19.1 Å². The highest BCUT2D eigenvalue weighted by atomic mass is 19.4. The number of fused-ring (bicyclic) bond motifs is 1. The number of benzene rings is 3. The fraction of sp³-hybridized carbons (Fsp3) is 0.200. The standard InChI is InChI=1S/C25H20F3NO5/c1-33-15-8-6-14(7-9-15)18-19(16-5-3-4-13-10-11-29-12-17(13)16)21(25(26,27)28)22(30)23(34-2)20(18)24(31)32/h3-9,11,30H,10,12H2,1-2H3,(H,31,32). The van der Waals surface area contributed by atoms with E-state index in [-0.39, 0.29) is 23.2 Å². The van der Waals surface area contributed by atoms with E-state index in [4.69, 9.17) is 9.47 Å². The number of hydrogen-bond donors (Lipinski definition) is 2. The summed E-state index contributed by atoms with van der Waals surface area (Å²) in [4.78, 5) is 16.6. The minimum Gasteiger partial charge on any atom is -0.504 e. The molecule has 0 bridgehead atoms. The number of aliphatic imine (C=N–C) groups is 1. The highest BCUT2D eigenvalue weighted by Gasteiger charge is 2.43. The highest BCUT2D eigenvalue weighted by Crippen LogP contribution is 2.54. The summed E-state index contributed by atoms with van der Waals surface area (Å²) in [5.74, 6) is -3.15. The van der Waals surface area contributed by atoms with Crippen molar-refractivity contribution < 1.29 is 37.7 Å². The largest absolute Gasteiger partial charge is 0.504 e. The Morgan fingerprint density at radius 2 is 1.74 bits per heavy atom. The third-order valence-corrected chi connectivity index (χ3v) is 5.74. The lowest BCUT2D eigenvalue weighted by Gasteiger charge is -2.26. The summed E-state index contributed by atoms with van der Waals surface area (Å²) in [5, 5.41) is 20.7. The predicted octanol–water partition coefficient (Wildman–Crippen LogP) is 5.59. The summed E-state index contributed by atoms with van der Waals surface area (Å²) in [7, 11) is 2.45. The molecule has 2 N–H and O–H groups in total. The van der Waals surface area contributed by atoms with Crippen LogP contribution in [0.2, 0.25) is 0 Å². The van der Waals surface area contributed by atoms with Crippen LogP contribution in [0.1, 0.15) is 27.0 Å². The van der Waals surface area contributed by atoms with E-state index in [2.05, 4.69) is 4.99 Å². The average molecular weight is 471 g/mol. The van der Waals surface area contributed by atoms with E-state index >= 15 is 0 Å². The first-order chi connectivity index (χ1) is 16.2. The van der Waals surface area contributed by atoms with Gasteiger partial charge in [-0.1, -0.05) is 30.3 Å². The van der Waals surface area contributed by atoms with Crippen LogP contribution in [0.15, 0.2) is 47.5 Å². The van der Waals surface area contributed by atoms with Crippen LogP contribution >= 0.6 is 0 Å². The second-order valence-electron chi connectivity index (χ2n) is 7.58. The third-order valence-electron chi connectivity index (χ3n) is 5.74. The van der Waals surface area contributed by atoms with Crippen molar-refractivity contribution >= 4 is 12.2 Å². The van der Waals surface area contributed by atoms with Crippen LogP contribution in [0.4, 0.5) is 13.2 Å². The Bertz CT molecular complexity index is 1300. The van der Waals surface area contributed by atoms with Gasteiger partial charge in [-0.25, -0.2) is 4.79 Å². The van der Waals surface area contributed by atoms with Gasteiger partial charge < -0.3 is 19.7 Å². The first-order valence-electron chi connectivity index (χ1n) is 10.2. The number of phenols is 1. The molecule has 34 heavy (non-hydrogen) atoms. The second kappa shape index (κ2) is 8.74. The molecule has 0 atom stereocenters. The van der Waals surface area contributed by atoms with Gasteiger partial charge in [-0.15, -0.1) is 0 Å². The van der Waals surface area contributed by atoms with Crippen molar-refractivity contribution in [3.05, 3.63) is 64.7 Å². The van der Waals surface area contributed by atoms with Crippen LogP contribution in [0.5, 0.6) is 17.2 Å². The molecule has 0 spiro atoms. The van der Waals surface area contributed by atoms with Crippen LogP contribution in [-0.2, 0) is 19.1 Å². The van der Waals surface area contributed by atoms with Gasteiger partial charge >= 0.3 is 12.1 Å². The number of rotatable bonds is 5. The number of halogens is 3. The number of carboxylic acid groups (broad SMARTS) is 1.